The van der Waals surface area contributed by atoms with E-state index in [4.69, 9.17) is 27.1 Å². The summed E-state index contributed by atoms with van der Waals surface area (Å²) in [7, 11) is 0. The van der Waals surface area contributed by atoms with Crippen LogP contribution in [0.3, 0.4) is 0 Å². The van der Waals surface area contributed by atoms with Crippen LogP contribution in [0.15, 0.2) is 66.9 Å². The molecule has 3 rings (SSSR count). The Labute approximate surface area is 233 Å². The van der Waals surface area contributed by atoms with Gasteiger partial charge in [-0.15, -0.1) is 0 Å². The van der Waals surface area contributed by atoms with Gasteiger partial charge in [0.2, 0.25) is 11.8 Å². The number of nitrogens with two attached hydrogens (primary N) is 3. The molecule has 0 radical (unpaired) electrons. The van der Waals surface area contributed by atoms with E-state index < -0.39 is 30.1 Å². The minimum Gasteiger partial charge on any atom is -0.480 e. The van der Waals surface area contributed by atoms with E-state index in [0.29, 0.717) is 37.9 Å². The highest BCUT2D eigenvalue weighted by molar-refractivity contribution is 5.96. The van der Waals surface area contributed by atoms with Crippen molar-refractivity contribution in [3.05, 3.63) is 78.0 Å². The summed E-state index contributed by atoms with van der Waals surface area (Å²) in [5.41, 5.74) is 18.3. The summed E-state index contributed by atoms with van der Waals surface area (Å²) >= 11 is 0. The molecule has 1 atom stereocenters. The predicted molar refractivity (Wildman–Crippen MR) is 145 cm³/mol. The highest BCUT2D eigenvalue weighted by atomic mass is 19.4. The third-order valence-electron chi connectivity index (χ3n) is 5.44. The Morgan fingerprint density at radius 2 is 1.54 bits per heavy atom. The molecule has 0 unspecified atom stereocenters. The van der Waals surface area contributed by atoms with Crippen LogP contribution < -0.4 is 17.2 Å². The number of amides is 2. The Morgan fingerprint density at radius 1 is 0.951 bits per heavy atom. The number of carbonyl (C=O) groups excluding carboxylic acids is 2. The molecule has 41 heavy (non-hydrogen) atoms. The number of pyridine rings is 1. The molecular weight excluding hydrogens is 547 g/mol. The molecule has 0 saturated heterocycles. The van der Waals surface area contributed by atoms with Crippen molar-refractivity contribution in [2.45, 2.75) is 31.5 Å². The number of fused-ring (bicyclic) bond motifs is 1. The van der Waals surface area contributed by atoms with Gasteiger partial charge in [-0.1, -0.05) is 48.5 Å². The first kappa shape index (κ1) is 34.5. The summed E-state index contributed by atoms with van der Waals surface area (Å²) < 4.78 is 31.7. The molecule has 0 saturated carbocycles. The molecule has 2 amide bonds. The Kier molecular flexibility index (Phi) is 14.5. The zero-order valence-electron chi connectivity index (χ0n) is 22.0. The molecule has 0 fully saturated rings. The van der Waals surface area contributed by atoms with E-state index in [9.17, 15) is 32.7 Å². The lowest BCUT2D eigenvalue weighted by atomic mass is 10.1. The average molecular weight is 580 g/mol. The molecule has 0 bridgehead atoms. The first-order chi connectivity index (χ1) is 19.3. The van der Waals surface area contributed by atoms with Crippen LogP contribution in [0, 0.1) is 0 Å². The number of aliphatic carboxylic acids is 2. The van der Waals surface area contributed by atoms with Crippen LogP contribution in [0.25, 0.3) is 10.9 Å². The second-order valence-corrected chi connectivity index (χ2v) is 8.40. The summed E-state index contributed by atoms with van der Waals surface area (Å²) in [6.07, 6.45) is -2.10. The second kappa shape index (κ2) is 17.2. The molecule has 222 valence electrons. The molecule has 1 heterocycles. The third kappa shape index (κ3) is 12.4. The molecule has 1 aromatic heterocycles. The number of nitrogens with zero attached hydrogens (tertiary/aromatic N) is 2. The average Bonchev–Trinajstić information content (AvgIpc) is 2.94. The summed E-state index contributed by atoms with van der Waals surface area (Å²) in [6.45, 7) is 0.538. The fourth-order valence-electron chi connectivity index (χ4n) is 3.40. The van der Waals surface area contributed by atoms with Gasteiger partial charge in [0.25, 0.3) is 0 Å². The van der Waals surface area contributed by atoms with Gasteiger partial charge in [-0.2, -0.15) is 13.2 Å². The number of carbonyl (C=O) groups is 4. The predicted octanol–water partition coefficient (Wildman–Crippen LogP) is 2.18. The maximum atomic E-state index is 11.9. The lowest BCUT2D eigenvalue weighted by Crippen LogP contribution is -2.48. The Hall–Kier alpha value is -4.56. The summed E-state index contributed by atoms with van der Waals surface area (Å²) in [4.78, 5) is 48.5. The van der Waals surface area contributed by atoms with Crippen molar-refractivity contribution in [3.8, 4) is 0 Å². The van der Waals surface area contributed by atoms with Gasteiger partial charge >= 0.3 is 18.1 Å². The number of primary amides is 1. The summed E-state index contributed by atoms with van der Waals surface area (Å²) in [5, 5.41) is 17.4. The molecule has 0 aliphatic carbocycles. The van der Waals surface area contributed by atoms with Crippen molar-refractivity contribution < 1.29 is 42.6 Å². The van der Waals surface area contributed by atoms with Crippen molar-refractivity contribution in [2.24, 2.45) is 17.2 Å². The smallest absolute Gasteiger partial charge is 0.480 e. The molecular formula is C27H32F3N5O6. The van der Waals surface area contributed by atoms with Crippen molar-refractivity contribution >= 4 is 34.7 Å². The zero-order valence-corrected chi connectivity index (χ0v) is 22.0. The highest BCUT2D eigenvalue weighted by Crippen LogP contribution is 2.14. The first-order valence-corrected chi connectivity index (χ1v) is 12.2. The van der Waals surface area contributed by atoms with Crippen LogP contribution in [-0.4, -0.2) is 75.7 Å². The number of alkyl halides is 3. The molecule has 14 heteroatoms. The lowest BCUT2D eigenvalue weighted by Gasteiger charge is -2.28. The van der Waals surface area contributed by atoms with Gasteiger partial charge in [0.15, 0.2) is 0 Å². The Bertz CT molecular complexity index is 1290. The minimum absolute atomic E-state index is 0.193. The molecule has 11 nitrogen and oxygen atoms in total. The standard InChI is InChI=1S/C15H23N3O3.C10H8N2O.C2HF3O2/c16-9-4-7-13(15(20)21)18(14(19)11-17)10-8-12-5-2-1-3-6-12;11-10(13)8-5-7-3-1-2-4-9(7)12-6-8;3-2(4,5)1(6)7/h1-3,5-6,13H,4,7-11,16-17H2,(H,20,21);1-6H,(H2,11,13);(H,6,7)/t13-;;/m0../s1. The number of hydrogen-bond acceptors (Lipinski definition) is 7. The lowest BCUT2D eigenvalue weighted by molar-refractivity contribution is -0.192. The van der Waals surface area contributed by atoms with Crippen molar-refractivity contribution in [1.82, 2.24) is 9.88 Å². The topological polar surface area (TPSA) is 203 Å². The fraction of sp³-hybridized carbons (Fsp3) is 0.296. The third-order valence-corrected chi connectivity index (χ3v) is 5.44. The zero-order chi connectivity index (χ0) is 31.0. The molecule has 0 aliphatic rings. The van der Waals surface area contributed by atoms with Crippen LogP contribution in [0.4, 0.5) is 13.2 Å². The van der Waals surface area contributed by atoms with Gasteiger partial charge in [-0.05, 0) is 43.5 Å². The number of rotatable bonds is 10. The van der Waals surface area contributed by atoms with E-state index >= 15 is 0 Å². The normalized spacial score (nSPS) is 11.2. The summed E-state index contributed by atoms with van der Waals surface area (Å²) in [5.74, 6) is -4.57. The van der Waals surface area contributed by atoms with Gasteiger partial charge in [0.05, 0.1) is 17.6 Å². The number of aromatic nitrogens is 1. The van der Waals surface area contributed by atoms with Crippen molar-refractivity contribution in [2.75, 3.05) is 19.6 Å². The summed E-state index contributed by atoms with van der Waals surface area (Å²) in [6, 6.07) is 18.1. The van der Waals surface area contributed by atoms with E-state index in [1.807, 2.05) is 54.6 Å². The van der Waals surface area contributed by atoms with Gasteiger partial charge in [0, 0.05) is 18.1 Å². The molecule has 8 N–H and O–H groups in total. The number of hydrogen-bond donors (Lipinski definition) is 5. The van der Waals surface area contributed by atoms with Gasteiger partial charge in [-0.3, -0.25) is 14.6 Å². The monoisotopic (exact) mass is 579 g/mol. The number of benzene rings is 2. The number of carboxylic acids is 2. The van der Waals surface area contributed by atoms with Gasteiger partial charge in [0.1, 0.15) is 6.04 Å². The molecule has 2 aromatic carbocycles. The van der Waals surface area contributed by atoms with Crippen molar-refractivity contribution in [1.29, 1.82) is 0 Å². The van der Waals surface area contributed by atoms with Crippen LogP contribution >= 0.6 is 0 Å². The van der Waals surface area contributed by atoms with E-state index in [2.05, 4.69) is 4.98 Å². The quantitative estimate of drug-likeness (QED) is 0.238. The van der Waals surface area contributed by atoms with E-state index in [1.54, 1.807) is 6.07 Å². The first-order valence-electron chi connectivity index (χ1n) is 12.2. The maximum Gasteiger partial charge on any atom is 0.490 e. The molecule has 0 spiro atoms. The minimum atomic E-state index is -5.08. The fourth-order valence-corrected chi connectivity index (χ4v) is 3.40. The Morgan fingerprint density at radius 3 is 2.05 bits per heavy atom. The van der Waals surface area contributed by atoms with Crippen LogP contribution in [0.5, 0.6) is 0 Å². The largest absolute Gasteiger partial charge is 0.490 e. The van der Waals surface area contributed by atoms with Crippen LogP contribution in [-0.2, 0) is 20.8 Å². The highest BCUT2D eigenvalue weighted by Gasteiger charge is 2.38. The Balaban J connectivity index is 0.000000354. The van der Waals surface area contributed by atoms with Crippen LogP contribution in [0.2, 0.25) is 0 Å². The maximum absolute atomic E-state index is 11.9. The molecule has 3 aromatic rings. The number of halogens is 3. The van der Waals surface area contributed by atoms with Crippen molar-refractivity contribution in [3.63, 3.8) is 0 Å². The number of para-hydroxylation sites is 1. The SMILES string of the molecule is NC(=O)c1cnc2ccccc2c1.NCCC[C@@H](C(=O)O)N(CCc1ccccc1)C(=O)CN.O=C(O)C(F)(F)F. The second-order valence-electron chi connectivity index (χ2n) is 8.40. The molecule has 0 aliphatic heterocycles. The van der Waals surface area contributed by atoms with Gasteiger partial charge < -0.3 is 32.3 Å². The van der Waals surface area contributed by atoms with E-state index in [0.717, 1.165) is 16.5 Å². The van der Waals surface area contributed by atoms with E-state index in [-0.39, 0.29) is 12.5 Å². The van der Waals surface area contributed by atoms with Crippen LogP contribution in [0.1, 0.15) is 28.8 Å². The number of carboxylic acid groups (broad SMARTS) is 2. The van der Waals surface area contributed by atoms with E-state index in [1.165, 1.54) is 11.1 Å². The van der Waals surface area contributed by atoms with Gasteiger partial charge in [-0.25, -0.2) is 9.59 Å².